The first-order valence-electron chi connectivity index (χ1n) is 6.95. The fourth-order valence-electron chi connectivity index (χ4n) is 2.40. The van der Waals surface area contributed by atoms with Crippen molar-refractivity contribution in [2.75, 3.05) is 7.11 Å². The molecular weight excluding hydrogens is 306 g/mol. The Balaban J connectivity index is 2.53. The Morgan fingerprint density at radius 2 is 2.00 bits per heavy atom. The van der Waals surface area contributed by atoms with Crippen molar-refractivity contribution in [3.63, 3.8) is 0 Å². The number of rotatable bonds is 4. The normalized spacial score (nSPS) is 19.0. The number of halogens is 1. The van der Waals surface area contributed by atoms with Gasteiger partial charge in [-0.3, -0.25) is 4.79 Å². The summed E-state index contributed by atoms with van der Waals surface area (Å²) in [4.78, 5) is 18.3. The van der Waals surface area contributed by atoms with Crippen molar-refractivity contribution >= 4 is 23.1 Å². The van der Waals surface area contributed by atoms with E-state index in [1.54, 1.807) is 32.9 Å². The van der Waals surface area contributed by atoms with E-state index >= 15 is 0 Å². The number of hydroxylamine groups is 2. The third-order valence-electron chi connectivity index (χ3n) is 3.78. The molecular formula is C16H20ClNO4. The molecule has 2 rings (SSSR count). The molecule has 1 aromatic carbocycles. The number of ether oxygens (including phenoxy) is 1. The third-order valence-corrected chi connectivity index (χ3v) is 4.10. The van der Waals surface area contributed by atoms with Gasteiger partial charge in [-0.2, -0.15) is 0 Å². The smallest absolute Gasteiger partial charge is 0.282 e. The second kappa shape index (κ2) is 5.91. The molecule has 1 amide bonds. The molecule has 0 bridgehead atoms. The number of methoxy groups -OCH3 is 1. The quantitative estimate of drug-likeness (QED) is 0.861. The Morgan fingerprint density at radius 1 is 1.36 bits per heavy atom. The highest BCUT2D eigenvalue weighted by Crippen LogP contribution is 2.42. The second-order valence-corrected chi connectivity index (χ2v) is 6.13. The van der Waals surface area contributed by atoms with Crippen molar-refractivity contribution in [1.82, 2.24) is 5.06 Å². The number of benzene rings is 1. The van der Waals surface area contributed by atoms with Gasteiger partial charge in [0, 0.05) is 17.7 Å². The zero-order valence-electron chi connectivity index (χ0n) is 13.3. The summed E-state index contributed by atoms with van der Waals surface area (Å²) in [6, 6.07) is 5.32. The van der Waals surface area contributed by atoms with Crippen molar-refractivity contribution in [3.8, 4) is 0 Å². The van der Waals surface area contributed by atoms with E-state index < -0.39 is 17.7 Å². The zero-order valence-corrected chi connectivity index (χ0v) is 14.1. The first-order chi connectivity index (χ1) is 10.2. The zero-order chi connectivity index (χ0) is 16.7. The molecule has 0 aromatic heterocycles. The summed E-state index contributed by atoms with van der Waals surface area (Å²) in [5, 5.41) is 12.1. The first-order valence-corrected chi connectivity index (χ1v) is 7.33. The van der Waals surface area contributed by atoms with Gasteiger partial charge in [-0.05, 0) is 39.3 Å². The number of carbonyl (C=O) groups is 1. The minimum absolute atomic E-state index is 0.0722. The van der Waals surface area contributed by atoms with E-state index in [1.807, 2.05) is 13.0 Å². The van der Waals surface area contributed by atoms with Crippen molar-refractivity contribution in [1.29, 1.82) is 0 Å². The predicted octanol–water partition coefficient (Wildman–Crippen LogP) is 3.46. The minimum Gasteiger partial charge on any atom is -0.509 e. The Bertz CT molecular complexity index is 619. The van der Waals surface area contributed by atoms with Gasteiger partial charge in [0.05, 0.1) is 5.57 Å². The summed E-state index contributed by atoms with van der Waals surface area (Å²) in [5.41, 5.74) is 0.484. The molecule has 120 valence electrons. The molecule has 0 saturated heterocycles. The monoisotopic (exact) mass is 325 g/mol. The molecule has 0 saturated carbocycles. The number of aliphatic hydroxyl groups excluding tert-OH is 1. The summed E-state index contributed by atoms with van der Waals surface area (Å²) in [6.07, 6.45) is -0.622. The van der Waals surface area contributed by atoms with Gasteiger partial charge < -0.3 is 9.84 Å². The number of amides is 1. The van der Waals surface area contributed by atoms with Crippen LogP contribution in [0.4, 0.5) is 0 Å². The van der Waals surface area contributed by atoms with Crippen LogP contribution in [0.2, 0.25) is 5.02 Å². The topological polar surface area (TPSA) is 59.0 Å². The minimum atomic E-state index is -1.01. The van der Waals surface area contributed by atoms with Crippen LogP contribution in [0.1, 0.15) is 31.9 Å². The second-order valence-electron chi connectivity index (χ2n) is 5.72. The maximum Gasteiger partial charge on any atom is 0.282 e. The van der Waals surface area contributed by atoms with E-state index in [4.69, 9.17) is 21.2 Å². The van der Waals surface area contributed by atoms with Crippen molar-refractivity contribution in [2.24, 2.45) is 0 Å². The molecule has 1 heterocycles. The van der Waals surface area contributed by atoms with E-state index in [0.717, 1.165) is 10.6 Å². The maximum atomic E-state index is 12.8. The summed E-state index contributed by atoms with van der Waals surface area (Å²) < 4.78 is 5.04. The lowest BCUT2D eigenvalue weighted by atomic mass is 9.96. The van der Waals surface area contributed by atoms with Crippen LogP contribution in [0, 0.1) is 6.92 Å². The molecule has 1 unspecified atom stereocenters. The SMILES string of the molecule is COC(C)ON1C(=O)C(c2c(C)cccc2Cl)=C(O)C1(C)C. The predicted molar refractivity (Wildman–Crippen MR) is 84.2 cm³/mol. The van der Waals surface area contributed by atoms with Gasteiger partial charge in [-0.25, -0.2) is 9.90 Å². The first kappa shape index (κ1) is 16.8. The van der Waals surface area contributed by atoms with E-state index in [9.17, 15) is 9.90 Å². The van der Waals surface area contributed by atoms with Crippen LogP contribution in [0.5, 0.6) is 0 Å². The number of aryl methyl sites for hydroxylation is 1. The molecule has 22 heavy (non-hydrogen) atoms. The molecule has 6 heteroatoms. The average molecular weight is 326 g/mol. The van der Waals surface area contributed by atoms with E-state index in [1.165, 1.54) is 7.11 Å². The number of hydrogen-bond donors (Lipinski definition) is 1. The Labute approximate surface area is 135 Å². The lowest BCUT2D eigenvalue weighted by Gasteiger charge is -2.32. The average Bonchev–Trinajstić information content (AvgIpc) is 2.61. The number of aliphatic hydroxyl groups is 1. The lowest BCUT2D eigenvalue weighted by Crippen LogP contribution is -2.45. The van der Waals surface area contributed by atoms with Crippen LogP contribution in [-0.2, 0) is 14.4 Å². The maximum absolute atomic E-state index is 12.8. The fraction of sp³-hybridized carbons (Fsp3) is 0.438. The molecule has 1 N–H and O–H groups in total. The lowest BCUT2D eigenvalue weighted by molar-refractivity contribution is -0.276. The molecule has 1 aliphatic heterocycles. The summed E-state index contributed by atoms with van der Waals surface area (Å²) >= 11 is 6.23. The van der Waals surface area contributed by atoms with Gasteiger partial charge in [0.1, 0.15) is 11.3 Å². The Kier molecular flexibility index (Phi) is 4.52. The summed E-state index contributed by atoms with van der Waals surface area (Å²) in [5.74, 6) is -0.514. The van der Waals surface area contributed by atoms with E-state index in [2.05, 4.69) is 0 Å². The van der Waals surface area contributed by atoms with Gasteiger partial charge in [0.2, 0.25) is 0 Å². The summed E-state index contributed by atoms with van der Waals surface area (Å²) in [7, 11) is 1.48. The van der Waals surface area contributed by atoms with Gasteiger partial charge in [0.15, 0.2) is 6.29 Å². The number of hydrogen-bond acceptors (Lipinski definition) is 4. The highest BCUT2D eigenvalue weighted by molar-refractivity contribution is 6.35. The Morgan fingerprint density at radius 3 is 2.55 bits per heavy atom. The molecule has 1 aliphatic rings. The summed E-state index contributed by atoms with van der Waals surface area (Å²) in [6.45, 7) is 6.89. The van der Waals surface area contributed by atoms with Gasteiger partial charge in [0.25, 0.3) is 5.91 Å². The van der Waals surface area contributed by atoms with Crippen molar-refractivity contribution in [3.05, 3.63) is 40.1 Å². The van der Waals surface area contributed by atoms with Crippen LogP contribution in [0.25, 0.3) is 5.57 Å². The highest BCUT2D eigenvalue weighted by atomic mass is 35.5. The molecule has 0 fully saturated rings. The van der Waals surface area contributed by atoms with Crippen LogP contribution in [-0.4, -0.2) is 35.0 Å². The standard InChI is InChI=1S/C16H20ClNO4/c1-9-7-6-8-11(17)12(9)13-14(19)16(3,4)18(15(13)20)22-10(2)21-5/h6-8,10,19H,1-5H3. The van der Waals surface area contributed by atoms with Crippen LogP contribution >= 0.6 is 11.6 Å². The van der Waals surface area contributed by atoms with Crippen LogP contribution < -0.4 is 0 Å². The highest BCUT2D eigenvalue weighted by Gasteiger charge is 2.48. The third kappa shape index (κ3) is 2.60. The molecule has 5 nitrogen and oxygen atoms in total. The molecule has 0 aliphatic carbocycles. The van der Waals surface area contributed by atoms with Crippen LogP contribution in [0.15, 0.2) is 24.0 Å². The van der Waals surface area contributed by atoms with Gasteiger partial charge in [-0.1, -0.05) is 23.7 Å². The van der Waals surface area contributed by atoms with Crippen LogP contribution in [0.3, 0.4) is 0 Å². The van der Waals surface area contributed by atoms with Crippen molar-refractivity contribution in [2.45, 2.75) is 39.5 Å². The molecule has 1 aromatic rings. The Hall–Kier alpha value is -1.56. The van der Waals surface area contributed by atoms with Crippen molar-refractivity contribution < 1.29 is 19.5 Å². The largest absolute Gasteiger partial charge is 0.509 e. The number of carbonyl (C=O) groups excluding carboxylic acids is 1. The van der Waals surface area contributed by atoms with E-state index in [-0.39, 0.29) is 11.3 Å². The molecule has 1 atom stereocenters. The van der Waals surface area contributed by atoms with Gasteiger partial charge in [-0.15, -0.1) is 0 Å². The fourth-order valence-corrected chi connectivity index (χ4v) is 2.72. The van der Waals surface area contributed by atoms with E-state index in [0.29, 0.717) is 10.6 Å². The molecule has 0 radical (unpaired) electrons. The number of nitrogens with zero attached hydrogens (tertiary/aromatic N) is 1. The van der Waals surface area contributed by atoms with Gasteiger partial charge >= 0.3 is 0 Å². The molecule has 0 spiro atoms.